The van der Waals surface area contributed by atoms with E-state index in [4.69, 9.17) is 13.6 Å². The molecule has 0 unspecified atom stereocenters. The Hall–Kier alpha value is -2.23. The molecule has 0 aliphatic carbocycles. The quantitative estimate of drug-likeness (QED) is 0.627. The smallest absolute Gasteiger partial charge is 0.285 e. The molecule has 4 nitrogen and oxygen atoms in total. The molecule has 0 saturated heterocycles. The molecular weight excluding hydrogens is 208 g/mol. The van der Waals surface area contributed by atoms with E-state index in [2.05, 4.69) is 0 Å². The lowest BCUT2D eigenvalue weighted by molar-refractivity contribution is 0.316. The Bertz CT molecular complexity index is 721. The molecule has 3 rings (SSSR count). The summed E-state index contributed by atoms with van der Waals surface area (Å²) in [5, 5.41) is 1.36. The molecule has 1 aromatic carbocycles. The summed E-state index contributed by atoms with van der Waals surface area (Å²) in [6.07, 6.45) is 1.37. The zero-order valence-electron chi connectivity index (χ0n) is 8.52. The Morgan fingerprint density at radius 1 is 1.19 bits per heavy atom. The van der Waals surface area contributed by atoms with E-state index in [9.17, 15) is 4.79 Å². The highest BCUT2D eigenvalue weighted by molar-refractivity contribution is 5.93. The van der Waals surface area contributed by atoms with E-state index in [0.29, 0.717) is 22.5 Å². The molecule has 4 heteroatoms. The van der Waals surface area contributed by atoms with Crippen LogP contribution in [-0.4, -0.2) is 7.11 Å². The Morgan fingerprint density at radius 3 is 2.88 bits per heavy atom. The number of benzene rings is 1. The number of rotatable bonds is 1. The van der Waals surface area contributed by atoms with Crippen LogP contribution < -0.4 is 10.2 Å². The maximum atomic E-state index is 11.6. The van der Waals surface area contributed by atoms with Gasteiger partial charge in [-0.05, 0) is 6.07 Å². The number of hydrogen-bond donors (Lipinski definition) is 0. The molecule has 3 aromatic rings. The van der Waals surface area contributed by atoms with Crippen LogP contribution in [0.25, 0.3) is 21.9 Å². The van der Waals surface area contributed by atoms with E-state index < -0.39 is 0 Å². The Labute approximate surface area is 90.0 Å². The molecule has 0 atom stereocenters. The van der Waals surface area contributed by atoms with Crippen LogP contribution in [0.5, 0.6) is 5.95 Å². The lowest BCUT2D eigenvalue weighted by atomic mass is 10.2. The summed E-state index contributed by atoms with van der Waals surface area (Å²) in [6.45, 7) is 0. The molecule has 2 aromatic heterocycles. The van der Waals surface area contributed by atoms with Gasteiger partial charge in [-0.25, -0.2) is 0 Å². The van der Waals surface area contributed by atoms with Crippen molar-refractivity contribution < 1.29 is 13.6 Å². The number of fused-ring (bicyclic) bond motifs is 2. The monoisotopic (exact) mass is 216 g/mol. The number of hydrogen-bond acceptors (Lipinski definition) is 4. The third kappa shape index (κ3) is 1.20. The molecule has 0 aliphatic heterocycles. The van der Waals surface area contributed by atoms with Crippen LogP contribution in [0, 0.1) is 0 Å². The standard InChI is InChI=1S/C12H8O4/c1-14-12-5-7-4-8-9(13)2-3-15-11(8)6-10(7)16-12/h2-6H,1H3. The van der Waals surface area contributed by atoms with Crippen molar-refractivity contribution in [2.24, 2.45) is 0 Å². The fourth-order valence-electron chi connectivity index (χ4n) is 1.69. The fraction of sp³-hybridized carbons (Fsp3) is 0.0833. The summed E-state index contributed by atoms with van der Waals surface area (Å²) in [6, 6.07) is 6.56. The van der Waals surface area contributed by atoms with Crippen LogP contribution in [0.4, 0.5) is 0 Å². The summed E-state index contributed by atoms with van der Waals surface area (Å²) >= 11 is 0. The van der Waals surface area contributed by atoms with Gasteiger partial charge in [0, 0.05) is 23.6 Å². The van der Waals surface area contributed by atoms with E-state index in [1.807, 2.05) is 0 Å². The first-order valence-electron chi connectivity index (χ1n) is 4.77. The molecule has 0 aliphatic rings. The molecule has 0 fully saturated rings. The lowest BCUT2D eigenvalue weighted by Gasteiger charge is -1.94. The van der Waals surface area contributed by atoms with Gasteiger partial charge in [0.1, 0.15) is 11.2 Å². The van der Waals surface area contributed by atoms with Crippen molar-refractivity contribution in [2.45, 2.75) is 0 Å². The molecule has 80 valence electrons. The van der Waals surface area contributed by atoms with Gasteiger partial charge in [-0.2, -0.15) is 0 Å². The number of furan rings is 1. The molecular formula is C12H8O4. The third-order valence-corrected chi connectivity index (χ3v) is 2.48. The highest BCUT2D eigenvalue weighted by atomic mass is 16.6. The Kier molecular flexibility index (Phi) is 1.77. The van der Waals surface area contributed by atoms with Gasteiger partial charge >= 0.3 is 0 Å². The normalized spacial score (nSPS) is 11.1. The largest absolute Gasteiger partial charge is 0.468 e. The molecule has 0 saturated carbocycles. The Morgan fingerprint density at radius 2 is 2.06 bits per heavy atom. The van der Waals surface area contributed by atoms with Crippen LogP contribution in [0.3, 0.4) is 0 Å². The zero-order valence-corrected chi connectivity index (χ0v) is 8.52. The minimum atomic E-state index is -0.0664. The third-order valence-electron chi connectivity index (χ3n) is 2.48. The molecule has 0 amide bonds. The highest BCUT2D eigenvalue weighted by Crippen LogP contribution is 2.27. The van der Waals surface area contributed by atoms with Gasteiger partial charge < -0.3 is 13.6 Å². The van der Waals surface area contributed by atoms with E-state index in [1.165, 1.54) is 19.4 Å². The second kappa shape index (κ2) is 3.13. The van der Waals surface area contributed by atoms with Gasteiger partial charge in [0.05, 0.1) is 18.8 Å². The second-order valence-electron chi connectivity index (χ2n) is 3.44. The fourth-order valence-corrected chi connectivity index (χ4v) is 1.69. The van der Waals surface area contributed by atoms with Crippen molar-refractivity contribution in [3.63, 3.8) is 0 Å². The van der Waals surface area contributed by atoms with Crippen molar-refractivity contribution >= 4 is 21.9 Å². The molecule has 16 heavy (non-hydrogen) atoms. The molecule has 2 heterocycles. The topological polar surface area (TPSA) is 52.6 Å². The summed E-state index contributed by atoms with van der Waals surface area (Å²) in [5.74, 6) is 0.415. The van der Waals surface area contributed by atoms with Crippen LogP contribution in [0.15, 0.2) is 44.2 Å². The van der Waals surface area contributed by atoms with Crippen molar-refractivity contribution in [1.82, 2.24) is 0 Å². The van der Waals surface area contributed by atoms with Crippen LogP contribution in [-0.2, 0) is 0 Å². The maximum Gasteiger partial charge on any atom is 0.285 e. The number of methoxy groups -OCH3 is 1. The van der Waals surface area contributed by atoms with Gasteiger partial charge in [0.15, 0.2) is 5.43 Å². The first kappa shape index (κ1) is 9.03. The molecule has 0 bridgehead atoms. The highest BCUT2D eigenvalue weighted by Gasteiger charge is 2.08. The van der Waals surface area contributed by atoms with Crippen LogP contribution in [0.2, 0.25) is 0 Å². The minimum Gasteiger partial charge on any atom is -0.468 e. The van der Waals surface area contributed by atoms with E-state index in [0.717, 1.165) is 5.39 Å². The van der Waals surface area contributed by atoms with Crippen LogP contribution in [0.1, 0.15) is 0 Å². The van der Waals surface area contributed by atoms with Gasteiger partial charge in [0.25, 0.3) is 5.95 Å². The van der Waals surface area contributed by atoms with E-state index in [-0.39, 0.29) is 5.43 Å². The molecule has 0 N–H and O–H groups in total. The van der Waals surface area contributed by atoms with Crippen molar-refractivity contribution in [2.75, 3.05) is 7.11 Å². The van der Waals surface area contributed by atoms with Crippen molar-refractivity contribution in [3.05, 3.63) is 40.8 Å². The maximum absolute atomic E-state index is 11.6. The summed E-state index contributed by atoms with van der Waals surface area (Å²) in [4.78, 5) is 11.6. The summed E-state index contributed by atoms with van der Waals surface area (Å²) in [5.41, 5.74) is 1.08. The Balaban J connectivity index is 2.46. The summed E-state index contributed by atoms with van der Waals surface area (Å²) in [7, 11) is 1.53. The van der Waals surface area contributed by atoms with Crippen molar-refractivity contribution in [1.29, 1.82) is 0 Å². The lowest BCUT2D eigenvalue weighted by Crippen LogP contribution is -1.96. The average molecular weight is 216 g/mol. The molecule has 0 radical (unpaired) electrons. The van der Waals surface area contributed by atoms with Crippen LogP contribution >= 0.6 is 0 Å². The zero-order chi connectivity index (χ0) is 11.1. The predicted octanol–water partition coefficient (Wildman–Crippen LogP) is 2.55. The van der Waals surface area contributed by atoms with Gasteiger partial charge in [0.2, 0.25) is 0 Å². The molecule has 0 spiro atoms. The predicted molar refractivity (Wildman–Crippen MR) is 58.8 cm³/mol. The second-order valence-corrected chi connectivity index (χ2v) is 3.44. The first-order chi connectivity index (χ1) is 7.78. The SMILES string of the molecule is COc1cc2cc3c(=O)ccoc3cc2o1. The number of ether oxygens (including phenoxy) is 1. The van der Waals surface area contributed by atoms with E-state index >= 15 is 0 Å². The van der Waals surface area contributed by atoms with Crippen molar-refractivity contribution in [3.8, 4) is 5.95 Å². The van der Waals surface area contributed by atoms with Gasteiger partial charge in [-0.1, -0.05) is 0 Å². The first-order valence-corrected chi connectivity index (χ1v) is 4.77. The van der Waals surface area contributed by atoms with Gasteiger partial charge in [-0.15, -0.1) is 0 Å². The average Bonchev–Trinajstić information content (AvgIpc) is 2.69. The van der Waals surface area contributed by atoms with Gasteiger partial charge in [-0.3, -0.25) is 4.79 Å². The summed E-state index contributed by atoms with van der Waals surface area (Å²) < 4.78 is 15.6. The minimum absolute atomic E-state index is 0.0664. The van der Waals surface area contributed by atoms with E-state index in [1.54, 1.807) is 18.2 Å².